The number of pyridine rings is 1. The number of halogens is 1. The van der Waals surface area contributed by atoms with Gasteiger partial charge in [-0.1, -0.05) is 11.6 Å². The summed E-state index contributed by atoms with van der Waals surface area (Å²) in [5.41, 5.74) is 1.21. The minimum atomic E-state index is -0.694. The Balaban J connectivity index is 1.90. The van der Waals surface area contributed by atoms with Crippen molar-refractivity contribution in [3.63, 3.8) is 0 Å². The fourth-order valence-electron chi connectivity index (χ4n) is 1.38. The molecule has 0 aromatic carbocycles. The first kappa shape index (κ1) is 13.0. The molecule has 0 saturated heterocycles. The van der Waals surface area contributed by atoms with Gasteiger partial charge < -0.3 is 10.4 Å². The highest BCUT2D eigenvalue weighted by atomic mass is 35.5. The van der Waals surface area contributed by atoms with E-state index in [0.29, 0.717) is 10.7 Å². The zero-order valence-electron chi connectivity index (χ0n) is 9.34. The molecule has 1 amide bonds. The highest BCUT2D eigenvalue weighted by molar-refractivity contribution is 7.07. The monoisotopic (exact) mass is 282 g/mol. The molecule has 0 saturated carbocycles. The highest BCUT2D eigenvalue weighted by Gasteiger charge is 2.11. The summed E-state index contributed by atoms with van der Waals surface area (Å²) in [7, 11) is 0. The summed E-state index contributed by atoms with van der Waals surface area (Å²) >= 11 is 7.13. The topological polar surface area (TPSA) is 62.2 Å². The molecule has 0 fully saturated rings. The lowest BCUT2D eigenvalue weighted by Gasteiger charge is -2.10. The summed E-state index contributed by atoms with van der Waals surface area (Å²) < 4.78 is 0. The fraction of sp³-hybridized carbons (Fsp3) is 0.167. The Morgan fingerprint density at radius 2 is 2.33 bits per heavy atom. The average Bonchev–Trinajstić information content (AvgIpc) is 2.90. The number of carbonyl (C=O) groups excluding carboxylic acids is 1. The fourth-order valence-corrected chi connectivity index (χ4v) is 2.20. The van der Waals surface area contributed by atoms with Crippen LogP contribution in [0.5, 0.6) is 0 Å². The van der Waals surface area contributed by atoms with Gasteiger partial charge in [0.15, 0.2) is 0 Å². The van der Waals surface area contributed by atoms with Crippen LogP contribution in [0.4, 0.5) is 0 Å². The number of thiophene rings is 1. The highest BCUT2D eigenvalue weighted by Crippen LogP contribution is 2.15. The summed E-state index contributed by atoms with van der Waals surface area (Å²) in [6.07, 6.45) is 0.703. The first-order valence-electron chi connectivity index (χ1n) is 5.27. The zero-order valence-corrected chi connectivity index (χ0v) is 10.9. The lowest BCUT2D eigenvalue weighted by atomic mass is 10.2. The standard InChI is InChI=1S/C12H11ClN2O2S/c13-11-2-1-8(5-14-11)12(17)15-6-10(16)9-3-4-18-7-9/h1-5,7,10,16H,6H2,(H,15,17). The van der Waals surface area contributed by atoms with Gasteiger partial charge in [0.2, 0.25) is 0 Å². The molecule has 0 bridgehead atoms. The molecular weight excluding hydrogens is 272 g/mol. The molecule has 18 heavy (non-hydrogen) atoms. The van der Waals surface area contributed by atoms with E-state index >= 15 is 0 Å². The number of aromatic nitrogens is 1. The zero-order chi connectivity index (χ0) is 13.0. The van der Waals surface area contributed by atoms with Crippen LogP contribution in [-0.2, 0) is 0 Å². The first-order valence-corrected chi connectivity index (χ1v) is 6.59. The molecular formula is C12H11ClN2O2S. The van der Waals surface area contributed by atoms with Crippen molar-refractivity contribution >= 4 is 28.8 Å². The van der Waals surface area contributed by atoms with Crippen molar-refractivity contribution < 1.29 is 9.90 Å². The Bertz CT molecular complexity index is 513. The van der Waals surface area contributed by atoms with E-state index in [9.17, 15) is 9.90 Å². The Labute approximate surface area is 113 Å². The summed E-state index contributed by atoms with van der Waals surface area (Å²) in [5, 5.41) is 16.5. The van der Waals surface area contributed by atoms with Gasteiger partial charge in [0.25, 0.3) is 5.91 Å². The van der Waals surface area contributed by atoms with Crippen LogP contribution in [0.2, 0.25) is 5.15 Å². The van der Waals surface area contributed by atoms with Gasteiger partial charge in [-0.3, -0.25) is 4.79 Å². The Kier molecular flexibility index (Phi) is 4.30. The molecule has 2 aromatic rings. The lowest BCUT2D eigenvalue weighted by molar-refractivity contribution is 0.0916. The molecule has 94 valence electrons. The van der Waals surface area contributed by atoms with E-state index in [1.54, 1.807) is 12.1 Å². The van der Waals surface area contributed by atoms with Crippen molar-refractivity contribution in [1.29, 1.82) is 0 Å². The van der Waals surface area contributed by atoms with Crippen LogP contribution in [0.3, 0.4) is 0 Å². The molecule has 0 aliphatic rings. The van der Waals surface area contributed by atoms with Crippen molar-refractivity contribution in [2.24, 2.45) is 0 Å². The summed E-state index contributed by atoms with van der Waals surface area (Å²) in [6.45, 7) is 0.165. The quantitative estimate of drug-likeness (QED) is 0.846. The molecule has 2 N–H and O–H groups in total. The Morgan fingerprint density at radius 3 is 2.94 bits per heavy atom. The van der Waals surface area contributed by atoms with E-state index < -0.39 is 6.10 Å². The van der Waals surface area contributed by atoms with Gasteiger partial charge in [0, 0.05) is 12.7 Å². The minimum Gasteiger partial charge on any atom is -0.387 e. The van der Waals surface area contributed by atoms with Crippen LogP contribution in [0.1, 0.15) is 22.0 Å². The second-order valence-corrected chi connectivity index (χ2v) is 4.82. The molecule has 2 rings (SSSR count). The maximum absolute atomic E-state index is 11.7. The number of hydrogen-bond donors (Lipinski definition) is 2. The third-order valence-corrected chi connectivity index (χ3v) is 3.30. The van der Waals surface area contributed by atoms with E-state index in [-0.39, 0.29) is 12.5 Å². The maximum atomic E-state index is 11.7. The molecule has 0 radical (unpaired) electrons. The van der Waals surface area contributed by atoms with Gasteiger partial charge in [0.1, 0.15) is 5.15 Å². The molecule has 1 unspecified atom stereocenters. The van der Waals surface area contributed by atoms with E-state index in [2.05, 4.69) is 10.3 Å². The third-order valence-electron chi connectivity index (χ3n) is 2.37. The number of rotatable bonds is 4. The smallest absolute Gasteiger partial charge is 0.252 e. The number of nitrogens with zero attached hydrogens (tertiary/aromatic N) is 1. The number of carbonyl (C=O) groups is 1. The Morgan fingerprint density at radius 1 is 1.50 bits per heavy atom. The normalized spacial score (nSPS) is 12.1. The average molecular weight is 283 g/mol. The molecule has 1 atom stereocenters. The molecule has 0 spiro atoms. The number of aliphatic hydroxyl groups is 1. The predicted octanol–water partition coefficient (Wildman–Crippen LogP) is 2.26. The van der Waals surface area contributed by atoms with Crippen LogP contribution >= 0.6 is 22.9 Å². The van der Waals surface area contributed by atoms with Gasteiger partial charge >= 0.3 is 0 Å². The first-order chi connectivity index (χ1) is 8.66. The molecule has 2 heterocycles. The third kappa shape index (κ3) is 3.29. The van der Waals surface area contributed by atoms with Crippen molar-refractivity contribution in [3.8, 4) is 0 Å². The van der Waals surface area contributed by atoms with Crippen molar-refractivity contribution in [1.82, 2.24) is 10.3 Å². The predicted molar refractivity (Wildman–Crippen MR) is 70.9 cm³/mol. The van der Waals surface area contributed by atoms with Crippen LogP contribution in [0.15, 0.2) is 35.2 Å². The molecule has 6 heteroatoms. The molecule has 0 aliphatic heterocycles. The van der Waals surface area contributed by atoms with Crippen LogP contribution < -0.4 is 5.32 Å². The number of amides is 1. The maximum Gasteiger partial charge on any atom is 0.252 e. The van der Waals surface area contributed by atoms with Crippen molar-refractivity contribution in [3.05, 3.63) is 51.4 Å². The van der Waals surface area contributed by atoms with Crippen molar-refractivity contribution in [2.45, 2.75) is 6.10 Å². The SMILES string of the molecule is O=C(NCC(O)c1ccsc1)c1ccc(Cl)nc1. The van der Waals surface area contributed by atoms with E-state index in [1.807, 2.05) is 16.8 Å². The summed E-state index contributed by atoms with van der Waals surface area (Å²) in [6, 6.07) is 4.96. The lowest BCUT2D eigenvalue weighted by Crippen LogP contribution is -2.28. The van der Waals surface area contributed by atoms with Crippen molar-refractivity contribution in [2.75, 3.05) is 6.54 Å². The van der Waals surface area contributed by atoms with Gasteiger partial charge in [-0.15, -0.1) is 0 Å². The van der Waals surface area contributed by atoms with Crippen LogP contribution in [0.25, 0.3) is 0 Å². The van der Waals surface area contributed by atoms with E-state index in [1.165, 1.54) is 17.5 Å². The minimum absolute atomic E-state index is 0.165. The molecule has 4 nitrogen and oxygen atoms in total. The summed E-state index contributed by atoms with van der Waals surface area (Å²) in [4.78, 5) is 15.5. The van der Waals surface area contributed by atoms with Gasteiger partial charge in [-0.25, -0.2) is 4.98 Å². The van der Waals surface area contributed by atoms with Gasteiger partial charge in [-0.2, -0.15) is 11.3 Å². The largest absolute Gasteiger partial charge is 0.387 e. The molecule has 0 aliphatic carbocycles. The molecule has 2 aromatic heterocycles. The Hall–Kier alpha value is -1.43. The second kappa shape index (κ2) is 5.95. The van der Waals surface area contributed by atoms with E-state index in [4.69, 9.17) is 11.6 Å². The van der Waals surface area contributed by atoms with Crippen LogP contribution in [-0.4, -0.2) is 22.5 Å². The number of aliphatic hydroxyl groups excluding tert-OH is 1. The van der Waals surface area contributed by atoms with E-state index in [0.717, 1.165) is 5.56 Å². The van der Waals surface area contributed by atoms with Gasteiger partial charge in [-0.05, 0) is 34.5 Å². The number of hydrogen-bond acceptors (Lipinski definition) is 4. The summed E-state index contributed by atoms with van der Waals surface area (Å²) in [5.74, 6) is -0.284. The van der Waals surface area contributed by atoms with Crippen LogP contribution in [0, 0.1) is 0 Å². The second-order valence-electron chi connectivity index (χ2n) is 3.65. The number of nitrogens with one attached hydrogen (secondary N) is 1. The van der Waals surface area contributed by atoms with Gasteiger partial charge in [0.05, 0.1) is 11.7 Å².